The van der Waals surface area contributed by atoms with Crippen LogP contribution >= 0.6 is 34.2 Å². The summed E-state index contributed by atoms with van der Waals surface area (Å²) in [7, 11) is 1.39. The lowest BCUT2D eigenvalue weighted by molar-refractivity contribution is 0.145. The Balaban J connectivity index is 3.25. The molecule has 0 saturated carbocycles. The summed E-state index contributed by atoms with van der Waals surface area (Å²) in [5, 5.41) is 0. The van der Waals surface area contributed by atoms with E-state index in [4.69, 9.17) is 16.3 Å². The molecule has 0 amide bonds. The highest BCUT2D eigenvalue weighted by molar-refractivity contribution is 14.1. The lowest BCUT2D eigenvalue weighted by atomic mass is 10.2. The molecule has 78 valence electrons. The van der Waals surface area contributed by atoms with Crippen molar-refractivity contribution in [3.05, 3.63) is 20.9 Å². The van der Waals surface area contributed by atoms with Crippen molar-refractivity contribution in [2.75, 3.05) is 7.11 Å². The first-order valence-corrected chi connectivity index (χ1v) is 5.29. The first kappa shape index (κ1) is 11.9. The third-order valence-electron chi connectivity index (χ3n) is 1.58. The van der Waals surface area contributed by atoms with Crippen LogP contribution in [0, 0.1) is 3.57 Å². The number of methoxy groups -OCH3 is 1. The molecular weight excluding hydrogens is 326 g/mol. The van der Waals surface area contributed by atoms with Gasteiger partial charge in [0.1, 0.15) is 5.69 Å². The van der Waals surface area contributed by atoms with Crippen molar-refractivity contribution in [1.29, 1.82) is 0 Å². The molecule has 0 atom stereocenters. The van der Waals surface area contributed by atoms with Crippen LogP contribution in [0.25, 0.3) is 0 Å². The SMILES string of the molecule is COc1nc(C(F)F)cc(CCl)c1I. The molecule has 0 spiro atoms. The summed E-state index contributed by atoms with van der Waals surface area (Å²) >= 11 is 7.57. The Labute approximate surface area is 98.8 Å². The second kappa shape index (κ2) is 5.06. The summed E-state index contributed by atoms with van der Waals surface area (Å²) in [5.74, 6) is 0.357. The highest BCUT2D eigenvalue weighted by Crippen LogP contribution is 2.28. The van der Waals surface area contributed by atoms with Gasteiger partial charge in [-0.3, -0.25) is 0 Å². The van der Waals surface area contributed by atoms with Crippen molar-refractivity contribution in [2.45, 2.75) is 12.3 Å². The third kappa shape index (κ3) is 2.44. The minimum Gasteiger partial charge on any atom is -0.480 e. The Hall–Kier alpha value is -0.170. The second-order valence-corrected chi connectivity index (χ2v) is 3.81. The monoisotopic (exact) mass is 333 g/mol. The molecule has 1 aromatic heterocycles. The van der Waals surface area contributed by atoms with Gasteiger partial charge in [0.15, 0.2) is 0 Å². The van der Waals surface area contributed by atoms with Crippen LogP contribution in [0.5, 0.6) is 5.88 Å². The quantitative estimate of drug-likeness (QED) is 0.625. The smallest absolute Gasteiger partial charge is 0.280 e. The minimum atomic E-state index is -2.61. The van der Waals surface area contributed by atoms with Gasteiger partial charge in [0.25, 0.3) is 6.43 Å². The Kier molecular flexibility index (Phi) is 4.31. The molecular formula is C8H7ClF2INO. The predicted molar refractivity (Wildman–Crippen MR) is 58.0 cm³/mol. The molecule has 0 aromatic carbocycles. The molecule has 1 aromatic rings. The van der Waals surface area contributed by atoms with Gasteiger partial charge < -0.3 is 4.74 Å². The number of nitrogens with zero attached hydrogens (tertiary/aromatic N) is 1. The van der Waals surface area contributed by atoms with Crippen molar-refractivity contribution in [3.63, 3.8) is 0 Å². The average Bonchev–Trinajstić information content (AvgIpc) is 2.17. The van der Waals surface area contributed by atoms with Gasteiger partial charge in [-0.1, -0.05) is 0 Å². The molecule has 1 rings (SSSR count). The molecule has 0 unspecified atom stereocenters. The van der Waals surface area contributed by atoms with Gasteiger partial charge in [-0.05, 0) is 34.2 Å². The maximum Gasteiger partial charge on any atom is 0.280 e. The zero-order chi connectivity index (χ0) is 10.7. The van der Waals surface area contributed by atoms with Crippen LogP contribution in [0.2, 0.25) is 0 Å². The van der Waals surface area contributed by atoms with Crippen LogP contribution in [0.15, 0.2) is 6.07 Å². The van der Waals surface area contributed by atoms with Gasteiger partial charge in [-0.25, -0.2) is 13.8 Å². The standard InChI is InChI=1S/C8H7ClF2INO/c1-14-8-6(12)4(3-9)2-5(13-8)7(10)11/h2,7H,3H2,1H3. The van der Waals surface area contributed by atoms with Gasteiger partial charge in [0, 0.05) is 5.88 Å². The number of hydrogen-bond acceptors (Lipinski definition) is 2. The van der Waals surface area contributed by atoms with Crippen LogP contribution in [0.1, 0.15) is 17.7 Å². The number of rotatable bonds is 3. The number of aromatic nitrogens is 1. The Bertz CT molecular complexity index is 310. The maximum absolute atomic E-state index is 12.4. The Morgan fingerprint density at radius 2 is 2.29 bits per heavy atom. The number of halogens is 4. The molecule has 0 radical (unpaired) electrons. The molecule has 0 fully saturated rings. The average molecular weight is 334 g/mol. The highest BCUT2D eigenvalue weighted by atomic mass is 127. The molecule has 0 saturated heterocycles. The normalized spacial score (nSPS) is 10.7. The van der Waals surface area contributed by atoms with E-state index < -0.39 is 6.43 Å². The van der Waals surface area contributed by atoms with Gasteiger partial charge in [0.2, 0.25) is 5.88 Å². The highest BCUT2D eigenvalue weighted by Gasteiger charge is 2.15. The summed E-state index contributed by atoms with van der Waals surface area (Å²) < 4.78 is 30.3. The molecule has 0 bridgehead atoms. The van der Waals surface area contributed by atoms with E-state index in [1.165, 1.54) is 13.2 Å². The van der Waals surface area contributed by atoms with Gasteiger partial charge in [-0.15, -0.1) is 11.6 Å². The molecule has 0 N–H and O–H groups in total. The fourth-order valence-corrected chi connectivity index (χ4v) is 2.05. The van der Waals surface area contributed by atoms with E-state index in [-0.39, 0.29) is 17.5 Å². The largest absolute Gasteiger partial charge is 0.480 e. The number of hydrogen-bond donors (Lipinski definition) is 0. The van der Waals surface area contributed by atoms with Gasteiger partial charge in [0.05, 0.1) is 10.7 Å². The first-order valence-electron chi connectivity index (χ1n) is 3.67. The molecule has 0 aliphatic heterocycles. The second-order valence-electron chi connectivity index (χ2n) is 2.46. The van der Waals surface area contributed by atoms with Crippen LogP contribution in [-0.4, -0.2) is 12.1 Å². The Morgan fingerprint density at radius 3 is 2.71 bits per heavy atom. The zero-order valence-electron chi connectivity index (χ0n) is 7.23. The minimum absolute atomic E-state index is 0.164. The van der Waals surface area contributed by atoms with E-state index >= 15 is 0 Å². The van der Waals surface area contributed by atoms with Crippen LogP contribution < -0.4 is 4.74 Å². The molecule has 14 heavy (non-hydrogen) atoms. The lowest BCUT2D eigenvalue weighted by Crippen LogP contribution is -2.00. The van der Waals surface area contributed by atoms with Crippen LogP contribution in [-0.2, 0) is 5.88 Å². The summed E-state index contributed by atoms with van der Waals surface area (Å²) in [6.45, 7) is 0. The molecule has 0 aliphatic rings. The van der Waals surface area contributed by atoms with Crippen LogP contribution in [0.4, 0.5) is 8.78 Å². The number of pyridine rings is 1. The van der Waals surface area contributed by atoms with E-state index in [1.807, 2.05) is 22.6 Å². The summed E-state index contributed by atoms with van der Waals surface area (Å²) in [4.78, 5) is 3.66. The lowest BCUT2D eigenvalue weighted by Gasteiger charge is -2.08. The first-order chi connectivity index (χ1) is 6.60. The molecule has 2 nitrogen and oxygen atoms in total. The van der Waals surface area contributed by atoms with E-state index in [9.17, 15) is 8.78 Å². The number of ether oxygens (including phenoxy) is 1. The third-order valence-corrected chi connectivity index (χ3v) is 3.03. The van der Waals surface area contributed by atoms with Crippen molar-refractivity contribution >= 4 is 34.2 Å². The predicted octanol–water partition coefficient (Wildman–Crippen LogP) is 3.37. The molecule has 6 heteroatoms. The van der Waals surface area contributed by atoms with Crippen molar-refractivity contribution in [1.82, 2.24) is 4.98 Å². The fourth-order valence-electron chi connectivity index (χ4n) is 0.922. The van der Waals surface area contributed by atoms with Crippen LogP contribution in [0.3, 0.4) is 0 Å². The molecule has 1 heterocycles. The molecule has 0 aliphatic carbocycles. The van der Waals surface area contributed by atoms with E-state index in [0.717, 1.165) is 0 Å². The van der Waals surface area contributed by atoms with Gasteiger partial charge >= 0.3 is 0 Å². The van der Waals surface area contributed by atoms with Crippen molar-refractivity contribution in [2.24, 2.45) is 0 Å². The fraction of sp³-hybridized carbons (Fsp3) is 0.375. The van der Waals surface area contributed by atoms with Crippen molar-refractivity contribution < 1.29 is 13.5 Å². The van der Waals surface area contributed by atoms with Crippen molar-refractivity contribution in [3.8, 4) is 5.88 Å². The van der Waals surface area contributed by atoms with Gasteiger partial charge in [-0.2, -0.15) is 0 Å². The Morgan fingerprint density at radius 1 is 1.64 bits per heavy atom. The topological polar surface area (TPSA) is 22.1 Å². The van der Waals surface area contributed by atoms with E-state index in [1.54, 1.807) is 0 Å². The summed E-state index contributed by atoms with van der Waals surface area (Å²) in [5.41, 5.74) is 0.298. The zero-order valence-corrected chi connectivity index (χ0v) is 10.1. The summed E-state index contributed by atoms with van der Waals surface area (Å²) in [6.07, 6.45) is -2.61. The van der Waals surface area contributed by atoms with E-state index in [0.29, 0.717) is 9.13 Å². The maximum atomic E-state index is 12.4. The van der Waals surface area contributed by atoms with E-state index in [2.05, 4.69) is 4.98 Å². The summed E-state index contributed by atoms with van der Waals surface area (Å²) in [6, 6.07) is 1.29. The number of alkyl halides is 3.